The Balaban J connectivity index is 1.76. The van der Waals surface area contributed by atoms with Gasteiger partial charge in [-0.05, 0) is 62.6 Å². The standard InChI is InChI=1S/C30H35F3N4O2/c1-20-15-22(17-23(16-20)30(31,32)33)29(3,4)28(38)35(5)26-19-34-27(36-11-13-37(6,39)14-12-36)18-25(26)24-10-8-7-9-21(24)2/h7-10,15-19H,11-14H2,1-6H3. The van der Waals surface area contributed by atoms with E-state index in [1.54, 1.807) is 47.1 Å². The molecule has 208 valence electrons. The topological polar surface area (TPSA) is 59.5 Å². The van der Waals surface area contributed by atoms with E-state index in [4.69, 9.17) is 0 Å². The number of alkyl halides is 3. The predicted octanol–water partition coefficient (Wildman–Crippen LogP) is 6.09. The average Bonchev–Trinajstić information content (AvgIpc) is 2.87. The van der Waals surface area contributed by atoms with Gasteiger partial charge < -0.3 is 19.7 Å². The minimum atomic E-state index is -4.51. The molecule has 1 aliphatic rings. The van der Waals surface area contributed by atoms with Crippen molar-refractivity contribution in [3.05, 3.63) is 82.2 Å². The van der Waals surface area contributed by atoms with Crippen LogP contribution in [0.4, 0.5) is 24.7 Å². The maximum atomic E-state index is 13.9. The summed E-state index contributed by atoms with van der Waals surface area (Å²) in [5, 5.41) is 12.3. The number of amides is 1. The molecule has 1 saturated heterocycles. The molecule has 39 heavy (non-hydrogen) atoms. The van der Waals surface area contributed by atoms with Gasteiger partial charge in [-0.3, -0.25) is 4.79 Å². The molecule has 2 aromatic carbocycles. The number of pyridine rings is 1. The van der Waals surface area contributed by atoms with Crippen molar-refractivity contribution in [1.29, 1.82) is 0 Å². The van der Waals surface area contributed by atoms with Crippen molar-refractivity contribution < 1.29 is 22.6 Å². The van der Waals surface area contributed by atoms with Gasteiger partial charge in [0.05, 0.1) is 56.1 Å². The summed E-state index contributed by atoms with van der Waals surface area (Å²) in [5.74, 6) is 0.355. The maximum absolute atomic E-state index is 13.9. The zero-order chi connectivity index (χ0) is 28.8. The highest BCUT2D eigenvalue weighted by atomic mass is 19.4. The number of hydrogen-bond donors (Lipinski definition) is 0. The Hall–Kier alpha value is -3.43. The molecule has 9 heteroatoms. The molecule has 0 saturated carbocycles. The number of hydrogen-bond acceptors (Lipinski definition) is 4. The second kappa shape index (κ2) is 10.3. The van der Waals surface area contributed by atoms with Gasteiger partial charge in [0.2, 0.25) is 5.91 Å². The molecule has 6 nitrogen and oxygen atoms in total. The van der Waals surface area contributed by atoms with Crippen molar-refractivity contribution in [3.8, 4) is 11.1 Å². The van der Waals surface area contributed by atoms with Gasteiger partial charge in [-0.15, -0.1) is 0 Å². The molecular weight excluding hydrogens is 505 g/mol. The zero-order valence-corrected chi connectivity index (χ0v) is 23.3. The number of carbonyl (C=O) groups is 1. The van der Waals surface area contributed by atoms with E-state index in [2.05, 4.69) is 9.88 Å². The first kappa shape index (κ1) is 28.6. The second-order valence-electron chi connectivity index (χ2n) is 11.2. The Kier molecular flexibility index (Phi) is 7.53. The van der Waals surface area contributed by atoms with Gasteiger partial charge in [-0.25, -0.2) is 4.98 Å². The molecule has 1 fully saturated rings. The number of piperazine rings is 1. The number of carbonyl (C=O) groups excluding carboxylic acids is 1. The van der Waals surface area contributed by atoms with E-state index in [9.17, 15) is 23.2 Å². The lowest BCUT2D eigenvalue weighted by Crippen LogP contribution is -2.54. The van der Waals surface area contributed by atoms with Crippen molar-refractivity contribution in [2.75, 3.05) is 50.1 Å². The van der Waals surface area contributed by atoms with Gasteiger partial charge in [0, 0.05) is 12.6 Å². The minimum Gasteiger partial charge on any atom is -0.633 e. The third kappa shape index (κ3) is 5.94. The number of aryl methyl sites for hydroxylation is 2. The van der Waals surface area contributed by atoms with Crippen LogP contribution in [0.5, 0.6) is 0 Å². The molecule has 0 bridgehead atoms. The first-order valence-electron chi connectivity index (χ1n) is 12.9. The number of halogens is 3. The fraction of sp³-hybridized carbons (Fsp3) is 0.400. The van der Waals surface area contributed by atoms with Gasteiger partial charge in [-0.2, -0.15) is 13.2 Å². The fourth-order valence-electron chi connectivity index (χ4n) is 5.05. The molecule has 2 heterocycles. The Morgan fingerprint density at radius 1 is 1.00 bits per heavy atom. The summed E-state index contributed by atoms with van der Waals surface area (Å²) in [6, 6.07) is 13.5. The molecule has 1 aliphatic heterocycles. The number of rotatable bonds is 5. The van der Waals surface area contributed by atoms with Crippen LogP contribution in [0.3, 0.4) is 0 Å². The largest absolute Gasteiger partial charge is 0.633 e. The van der Waals surface area contributed by atoms with Crippen LogP contribution in [0.25, 0.3) is 11.1 Å². The Bertz CT molecular complexity index is 1370. The third-order valence-corrected chi connectivity index (χ3v) is 7.64. The van der Waals surface area contributed by atoms with Gasteiger partial charge in [0.25, 0.3) is 0 Å². The van der Waals surface area contributed by atoms with E-state index in [-0.39, 0.29) is 10.6 Å². The average molecular weight is 541 g/mol. The van der Waals surface area contributed by atoms with E-state index in [1.165, 1.54) is 4.90 Å². The second-order valence-corrected chi connectivity index (χ2v) is 11.2. The van der Waals surface area contributed by atoms with Crippen LogP contribution < -0.4 is 9.80 Å². The number of quaternary nitrogens is 1. The van der Waals surface area contributed by atoms with Crippen molar-refractivity contribution in [1.82, 2.24) is 4.98 Å². The predicted molar refractivity (Wildman–Crippen MR) is 149 cm³/mol. The number of aromatic nitrogens is 1. The van der Waals surface area contributed by atoms with Crippen LogP contribution in [-0.4, -0.2) is 55.8 Å². The summed E-state index contributed by atoms with van der Waals surface area (Å²) in [6.07, 6.45) is -2.87. The molecule has 0 spiro atoms. The molecule has 4 rings (SSSR count). The Morgan fingerprint density at radius 2 is 1.62 bits per heavy atom. The third-order valence-electron chi connectivity index (χ3n) is 7.64. The van der Waals surface area contributed by atoms with Gasteiger partial charge in [-0.1, -0.05) is 35.9 Å². The van der Waals surface area contributed by atoms with Gasteiger partial charge in [0.1, 0.15) is 5.82 Å². The normalized spacial score (nSPS) is 15.8. The van der Waals surface area contributed by atoms with E-state index in [1.807, 2.05) is 37.3 Å². The molecule has 0 atom stereocenters. The van der Waals surface area contributed by atoms with Crippen LogP contribution in [-0.2, 0) is 16.4 Å². The van der Waals surface area contributed by atoms with E-state index < -0.39 is 17.2 Å². The molecule has 0 radical (unpaired) electrons. The lowest BCUT2D eigenvalue weighted by molar-refractivity contribution is -0.861. The van der Waals surface area contributed by atoms with Gasteiger partial charge in [0.15, 0.2) is 0 Å². The summed E-state index contributed by atoms with van der Waals surface area (Å²) >= 11 is 0. The van der Waals surface area contributed by atoms with Crippen molar-refractivity contribution in [3.63, 3.8) is 0 Å². The molecule has 1 aromatic heterocycles. The molecular formula is C30H35F3N4O2. The lowest BCUT2D eigenvalue weighted by atomic mass is 9.81. The van der Waals surface area contributed by atoms with E-state index in [0.717, 1.165) is 28.8 Å². The summed E-state index contributed by atoms with van der Waals surface area (Å²) < 4.78 is 40.4. The molecule has 1 amide bonds. The van der Waals surface area contributed by atoms with E-state index >= 15 is 0 Å². The molecule has 0 aliphatic carbocycles. The summed E-state index contributed by atoms with van der Waals surface area (Å²) in [5.41, 5.74) is 1.97. The zero-order valence-electron chi connectivity index (χ0n) is 23.3. The number of likely N-dealkylation sites (N-methyl/N-ethyl adjacent to an activating group) is 2. The van der Waals surface area contributed by atoms with Crippen molar-refractivity contribution in [2.45, 2.75) is 39.3 Å². The molecule has 3 aromatic rings. The Labute approximate surface area is 227 Å². The SMILES string of the molecule is Cc1cc(C(F)(F)F)cc(C(C)(C)C(=O)N(C)c2cnc(N3CC[N+](C)([O-])CC3)cc2-c2ccccc2C)c1. The van der Waals surface area contributed by atoms with Crippen LogP contribution in [0.2, 0.25) is 0 Å². The monoisotopic (exact) mass is 540 g/mol. The Morgan fingerprint density at radius 3 is 2.23 bits per heavy atom. The summed E-state index contributed by atoms with van der Waals surface area (Å²) in [7, 11) is 3.30. The number of hydroxylamine groups is 3. The van der Waals surface area contributed by atoms with Crippen LogP contribution in [0.15, 0.2) is 54.7 Å². The minimum absolute atomic E-state index is 0.291. The smallest absolute Gasteiger partial charge is 0.416 e. The molecule has 0 N–H and O–H groups in total. The highest BCUT2D eigenvalue weighted by molar-refractivity contribution is 6.03. The van der Waals surface area contributed by atoms with Gasteiger partial charge >= 0.3 is 6.18 Å². The fourth-order valence-corrected chi connectivity index (χ4v) is 5.05. The van der Waals surface area contributed by atoms with Crippen LogP contribution in [0.1, 0.15) is 36.1 Å². The summed E-state index contributed by atoms with van der Waals surface area (Å²) in [4.78, 5) is 22.1. The number of anilines is 2. The summed E-state index contributed by atoms with van der Waals surface area (Å²) in [6.45, 7) is 8.89. The van der Waals surface area contributed by atoms with Crippen LogP contribution in [0, 0.1) is 19.1 Å². The molecule has 0 unspecified atom stereocenters. The maximum Gasteiger partial charge on any atom is 0.416 e. The first-order valence-corrected chi connectivity index (χ1v) is 12.9. The van der Waals surface area contributed by atoms with Crippen molar-refractivity contribution >= 4 is 17.4 Å². The highest BCUT2D eigenvalue weighted by Crippen LogP contribution is 2.39. The van der Waals surface area contributed by atoms with Crippen LogP contribution >= 0.6 is 0 Å². The quantitative estimate of drug-likeness (QED) is 0.290. The van der Waals surface area contributed by atoms with Crippen molar-refractivity contribution in [2.24, 2.45) is 0 Å². The number of nitrogens with zero attached hydrogens (tertiary/aromatic N) is 4. The number of benzene rings is 2. The lowest BCUT2D eigenvalue weighted by Gasteiger charge is -2.45. The van der Waals surface area contributed by atoms with E-state index in [0.29, 0.717) is 48.8 Å². The first-order chi connectivity index (χ1) is 18.1. The highest BCUT2D eigenvalue weighted by Gasteiger charge is 2.37.